The summed E-state index contributed by atoms with van der Waals surface area (Å²) in [6, 6.07) is 13.9. The van der Waals surface area contributed by atoms with Crippen LogP contribution in [-0.4, -0.2) is 0 Å². The molecule has 2 aromatic rings. The van der Waals surface area contributed by atoms with Crippen molar-refractivity contribution in [2.45, 2.75) is 25.4 Å². The summed E-state index contributed by atoms with van der Waals surface area (Å²) in [6.45, 7) is 4.91. The van der Waals surface area contributed by atoms with Crippen LogP contribution < -0.4 is 5.32 Å². The Morgan fingerprint density at radius 3 is 2.95 bits per heavy atom. The summed E-state index contributed by atoms with van der Waals surface area (Å²) in [5.41, 5.74) is 8.79. The molecule has 19 heavy (non-hydrogen) atoms. The maximum Gasteiger partial charge on any atom is 0.0373 e. The second-order valence-electron chi connectivity index (χ2n) is 5.46. The molecule has 94 valence electrons. The predicted molar refractivity (Wildman–Crippen MR) is 79.1 cm³/mol. The molecule has 1 aliphatic carbocycles. The van der Waals surface area contributed by atoms with E-state index in [1.54, 1.807) is 0 Å². The van der Waals surface area contributed by atoms with Gasteiger partial charge in [-0.05, 0) is 46.2 Å². The minimum absolute atomic E-state index is 0.504. The lowest BCUT2D eigenvalue weighted by Crippen LogP contribution is -2.19. The molecule has 0 saturated heterocycles. The summed E-state index contributed by atoms with van der Waals surface area (Å²) >= 11 is 0. The van der Waals surface area contributed by atoms with E-state index in [4.69, 9.17) is 0 Å². The molecule has 1 unspecified atom stereocenters. The van der Waals surface area contributed by atoms with Gasteiger partial charge in [-0.15, -0.1) is 6.58 Å². The van der Waals surface area contributed by atoms with E-state index in [2.05, 4.69) is 48.3 Å². The van der Waals surface area contributed by atoms with Gasteiger partial charge in [0.15, 0.2) is 0 Å². The molecule has 0 aromatic heterocycles. The third kappa shape index (κ3) is 1.52. The van der Waals surface area contributed by atoms with E-state index in [1.165, 1.54) is 33.4 Å². The number of rotatable bonds is 2. The summed E-state index contributed by atoms with van der Waals surface area (Å²) in [5.74, 6) is 0. The predicted octanol–water partition coefficient (Wildman–Crippen LogP) is 3.78. The molecule has 1 heterocycles. The molecule has 1 atom stereocenters. The van der Waals surface area contributed by atoms with Crippen molar-refractivity contribution in [1.29, 1.82) is 0 Å². The Labute approximate surface area is 114 Å². The second-order valence-corrected chi connectivity index (χ2v) is 5.46. The summed E-state index contributed by atoms with van der Waals surface area (Å²) in [4.78, 5) is 0. The fourth-order valence-corrected chi connectivity index (χ4v) is 3.58. The molecule has 0 amide bonds. The largest absolute Gasteiger partial charge is 0.306 e. The smallest absolute Gasteiger partial charge is 0.0373 e. The van der Waals surface area contributed by atoms with Crippen LogP contribution in [0.5, 0.6) is 0 Å². The summed E-state index contributed by atoms with van der Waals surface area (Å²) in [5, 5.41) is 3.65. The Morgan fingerprint density at radius 1 is 1.16 bits per heavy atom. The highest BCUT2D eigenvalue weighted by Gasteiger charge is 2.31. The Morgan fingerprint density at radius 2 is 2.05 bits per heavy atom. The lowest BCUT2D eigenvalue weighted by Gasteiger charge is -2.26. The molecule has 0 radical (unpaired) electrons. The van der Waals surface area contributed by atoms with Gasteiger partial charge in [-0.25, -0.2) is 0 Å². The number of fused-ring (bicyclic) bond motifs is 2. The fourth-order valence-electron chi connectivity index (χ4n) is 3.58. The highest BCUT2D eigenvalue weighted by atomic mass is 14.9. The van der Waals surface area contributed by atoms with Crippen molar-refractivity contribution in [3.63, 3.8) is 0 Å². The van der Waals surface area contributed by atoms with E-state index in [0.717, 1.165) is 19.4 Å². The van der Waals surface area contributed by atoms with Gasteiger partial charge in [0.05, 0.1) is 0 Å². The van der Waals surface area contributed by atoms with Crippen molar-refractivity contribution in [3.05, 3.63) is 71.3 Å². The molecule has 1 heteroatoms. The Bertz CT molecular complexity index is 669. The fraction of sp³-hybridized carbons (Fsp3) is 0.222. The van der Waals surface area contributed by atoms with Gasteiger partial charge < -0.3 is 5.32 Å². The third-order valence-electron chi connectivity index (χ3n) is 4.38. The first kappa shape index (κ1) is 11.0. The van der Waals surface area contributed by atoms with Crippen molar-refractivity contribution in [2.24, 2.45) is 0 Å². The molecule has 4 rings (SSSR count). The van der Waals surface area contributed by atoms with Crippen molar-refractivity contribution in [2.75, 3.05) is 0 Å². The van der Waals surface area contributed by atoms with Crippen LogP contribution in [-0.2, 0) is 19.4 Å². The Hall–Kier alpha value is -1.86. The van der Waals surface area contributed by atoms with E-state index in [9.17, 15) is 0 Å². The molecule has 0 fully saturated rings. The number of hydrogen-bond donors (Lipinski definition) is 1. The van der Waals surface area contributed by atoms with Gasteiger partial charge in [-0.1, -0.05) is 42.5 Å². The van der Waals surface area contributed by atoms with E-state index in [0.29, 0.717) is 6.04 Å². The molecular formula is C18H17N. The number of hydrogen-bond acceptors (Lipinski definition) is 1. The highest BCUT2D eigenvalue weighted by Crippen LogP contribution is 2.45. The molecule has 2 aliphatic rings. The summed E-state index contributed by atoms with van der Waals surface area (Å²) in [7, 11) is 0. The van der Waals surface area contributed by atoms with Crippen LogP contribution in [0, 0.1) is 0 Å². The van der Waals surface area contributed by atoms with Crippen molar-refractivity contribution in [1.82, 2.24) is 5.32 Å². The number of allylic oxidation sites excluding steroid dienone is 1. The average Bonchev–Trinajstić information content (AvgIpc) is 2.85. The van der Waals surface area contributed by atoms with Crippen LogP contribution >= 0.6 is 0 Å². The van der Waals surface area contributed by atoms with Gasteiger partial charge in [0.1, 0.15) is 0 Å². The van der Waals surface area contributed by atoms with Crippen LogP contribution in [0.1, 0.15) is 28.3 Å². The van der Waals surface area contributed by atoms with Gasteiger partial charge in [-0.3, -0.25) is 0 Å². The number of benzene rings is 2. The van der Waals surface area contributed by atoms with Crippen molar-refractivity contribution in [3.8, 4) is 11.1 Å². The van der Waals surface area contributed by atoms with Crippen LogP contribution in [0.25, 0.3) is 11.1 Å². The van der Waals surface area contributed by atoms with Gasteiger partial charge in [0, 0.05) is 12.6 Å². The molecule has 1 aliphatic heterocycles. The topological polar surface area (TPSA) is 12.0 Å². The zero-order chi connectivity index (χ0) is 12.8. The standard InChI is InChI=1S/C18H17N/c1-2-5-12-8-9-14-11-19-16-10-13-6-3-4-7-15(13)17(12)18(14)16/h2-4,6-9,16,19H,1,5,10-11H2. The maximum atomic E-state index is 3.90. The zero-order valence-electron chi connectivity index (χ0n) is 10.9. The lowest BCUT2D eigenvalue weighted by atomic mass is 9.79. The van der Waals surface area contributed by atoms with Crippen molar-refractivity contribution < 1.29 is 0 Å². The molecule has 1 N–H and O–H groups in total. The SMILES string of the molecule is C=CCc1ccc2c3c1-c1ccccc1CC3NC2. The first-order valence-corrected chi connectivity index (χ1v) is 6.95. The number of nitrogens with one attached hydrogen (secondary N) is 1. The molecule has 1 nitrogen and oxygen atoms in total. The first-order valence-electron chi connectivity index (χ1n) is 6.95. The van der Waals surface area contributed by atoms with Gasteiger partial charge >= 0.3 is 0 Å². The zero-order valence-corrected chi connectivity index (χ0v) is 10.9. The minimum Gasteiger partial charge on any atom is -0.306 e. The molecule has 0 spiro atoms. The normalized spacial score (nSPS) is 18.8. The first-order chi connectivity index (χ1) is 9.38. The molecular weight excluding hydrogens is 230 g/mol. The van der Waals surface area contributed by atoms with Crippen molar-refractivity contribution >= 4 is 0 Å². The van der Waals surface area contributed by atoms with Crippen LogP contribution in [0.2, 0.25) is 0 Å². The van der Waals surface area contributed by atoms with E-state index >= 15 is 0 Å². The monoisotopic (exact) mass is 247 g/mol. The highest BCUT2D eigenvalue weighted by molar-refractivity contribution is 5.79. The summed E-state index contributed by atoms with van der Waals surface area (Å²) in [6.07, 6.45) is 4.07. The van der Waals surface area contributed by atoms with Gasteiger partial charge in [-0.2, -0.15) is 0 Å². The molecule has 0 saturated carbocycles. The summed E-state index contributed by atoms with van der Waals surface area (Å²) < 4.78 is 0. The quantitative estimate of drug-likeness (QED) is 0.796. The van der Waals surface area contributed by atoms with Gasteiger partial charge in [0.2, 0.25) is 0 Å². The van der Waals surface area contributed by atoms with E-state index in [-0.39, 0.29) is 0 Å². The van der Waals surface area contributed by atoms with E-state index < -0.39 is 0 Å². The molecule has 0 bridgehead atoms. The third-order valence-corrected chi connectivity index (χ3v) is 4.38. The maximum absolute atomic E-state index is 3.90. The van der Waals surface area contributed by atoms with Crippen LogP contribution in [0.3, 0.4) is 0 Å². The molecule has 2 aromatic carbocycles. The Kier molecular flexibility index (Phi) is 2.36. The van der Waals surface area contributed by atoms with Crippen LogP contribution in [0.15, 0.2) is 49.1 Å². The van der Waals surface area contributed by atoms with E-state index in [1.807, 2.05) is 6.08 Å². The second kappa shape index (κ2) is 4.07. The Balaban J connectivity index is 2.04. The lowest BCUT2D eigenvalue weighted by molar-refractivity contribution is 0.577. The average molecular weight is 247 g/mol. The minimum atomic E-state index is 0.504. The van der Waals surface area contributed by atoms with Crippen LogP contribution in [0.4, 0.5) is 0 Å². The van der Waals surface area contributed by atoms with Gasteiger partial charge in [0.25, 0.3) is 0 Å².